The normalized spacial score (nSPS) is 12.4. The molecule has 0 aromatic carbocycles. The van der Waals surface area contributed by atoms with Gasteiger partial charge >= 0.3 is 6.18 Å². The highest BCUT2D eigenvalue weighted by molar-refractivity contribution is 4.56. The number of rotatable bonds is 9. The van der Waals surface area contributed by atoms with Crippen LogP contribution >= 0.6 is 0 Å². The third kappa shape index (κ3) is 13.7. The summed E-state index contributed by atoms with van der Waals surface area (Å²) in [7, 11) is 0. The Kier molecular flexibility index (Phi) is 8.66. The fraction of sp³-hybridized carbons (Fsp3) is 1.00. The van der Waals surface area contributed by atoms with E-state index in [0.717, 1.165) is 26.1 Å². The molecule has 0 amide bonds. The van der Waals surface area contributed by atoms with Gasteiger partial charge in [-0.15, -0.1) is 0 Å². The van der Waals surface area contributed by atoms with Gasteiger partial charge in [-0.05, 0) is 44.9 Å². The van der Waals surface area contributed by atoms with Crippen molar-refractivity contribution in [3.8, 4) is 0 Å². The molecule has 0 rings (SSSR count). The minimum absolute atomic E-state index is 0.170. The highest BCUT2D eigenvalue weighted by Gasteiger charge is 2.25. The summed E-state index contributed by atoms with van der Waals surface area (Å²) in [5.41, 5.74) is 0. The predicted molar refractivity (Wildman–Crippen MR) is 60.5 cm³/mol. The second kappa shape index (κ2) is 8.82. The van der Waals surface area contributed by atoms with Gasteiger partial charge in [-0.25, -0.2) is 0 Å². The minimum atomic E-state index is -4.01. The lowest BCUT2D eigenvalue weighted by Crippen LogP contribution is -2.25. The molecule has 0 spiro atoms. The zero-order valence-electron chi connectivity index (χ0n) is 10.2. The van der Waals surface area contributed by atoms with E-state index in [9.17, 15) is 13.2 Å². The van der Waals surface area contributed by atoms with Crippen molar-refractivity contribution in [3.05, 3.63) is 0 Å². The van der Waals surface area contributed by atoms with Gasteiger partial charge in [0.25, 0.3) is 0 Å². The van der Waals surface area contributed by atoms with Crippen LogP contribution in [0.4, 0.5) is 13.2 Å². The Morgan fingerprint density at radius 1 is 0.938 bits per heavy atom. The van der Waals surface area contributed by atoms with E-state index in [2.05, 4.69) is 24.5 Å². The molecule has 0 heterocycles. The van der Waals surface area contributed by atoms with Crippen molar-refractivity contribution >= 4 is 0 Å². The topological polar surface area (TPSA) is 24.1 Å². The minimum Gasteiger partial charge on any atom is -0.317 e. The molecule has 0 aromatic rings. The van der Waals surface area contributed by atoms with Gasteiger partial charge in [0.1, 0.15) is 0 Å². The third-order valence-corrected chi connectivity index (χ3v) is 2.07. The molecule has 0 aliphatic heterocycles. The second-order valence-corrected chi connectivity index (χ2v) is 4.42. The van der Waals surface area contributed by atoms with Crippen molar-refractivity contribution in [2.75, 3.05) is 26.2 Å². The average molecular weight is 240 g/mol. The lowest BCUT2D eigenvalue weighted by atomic mass is 10.2. The van der Waals surface area contributed by atoms with E-state index < -0.39 is 12.6 Å². The van der Waals surface area contributed by atoms with Crippen LogP contribution in [0.15, 0.2) is 0 Å². The van der Waals surface area contributed by atoms with E-state index in [1.807, 2.05) is 0 Å². The summed E-state index contributed by atoms with van der Waals surface area (Å²) in [6.07, 6.45) is -3.58. The zero-order chi connectivity index (χ0) is 12.4. The van der Waals surface area contributed by atoms with Crippen molar-refractivity contribution in [2.24, 2.45) is 5.92 Å². The number of alkyl halides is 3. The Bertz CT molecular complexity index is 158. The molecule has 0 aliphatic rings. The molecule has 16 heavy (non-hydrogen) atoms. The molecule has 5 heteroatoms. The summed E-state index contributed by atoms with van der Waals surface area (Å²) < 4.78 is 35.3. The smallest absolute Gasteiger partial charge is 0.317 e. The second-order valence-electron chi connectivity index (χ2n) is 4.42. The quantitative estimate of drug-likeness (QED) is 0.605. The first-order chi connectivity index (χ1) is 7.42. The van der Waals surface area contributed by atoms with Gasteiger partial charge in [-0.2, -0.15) is 13.2 Å². The van der Waals surface area contributed by atoms with Gasteiger partial charge in [0.05, 0.1) is 0 Å². The number of halogens is 3. The molecule has 0 bridgehead atoms. The van der Waals surface area contributed by atoms with E-state index in [-0.39, 0.29) is 6.42 Å². The molecule has 0 atom stereocenters. The lowest BCUT2D eigenvalue weighted by molar-refractivity contribution is -0.135. The van der Waals surface area contributed by atoms with Crippen molar-refractivity contribution in [3.63, 3.8) is 0 Å². The summed E-state index contributed by atoms with van der Waals surface area (Å²) in [5.74, 6) is 0.639. The maximum atomic E-state index is 11.8. The van der Waals surface area contributed by atoms with Crippen LogP contribution in [0.5, 0.6) is 0 Å². The molecule has 2 nitrogen and oxygen atoms in total. The first-order valence-corrected chi connectivity index (χ1v) is 5.90. The summed E-state index contributed by atoms with van der Waals surface area (Å²) in [6.45, 7) is 7.43. The Labute approximate surface area is 96.0 Å². The first-order valence-electron chi connectivity index (χ1n) is 5.90. The SMILES string of the molecule is CC(C)CNCCCNCCCC(F)(F)F. The molecule has 0 aliphatic carbocycles. The van der Waals surface area contributed by atoms with Crippen LogP contribution in [0.25, 0.3) is 0 Å². The fourth-order valence-electron chi connectivity index (χ4n) is 1.27. The van der Waals surface area contributed by atoms with Crippen molar-refractivity contribution < 1.29 is 13.2 Å². The highest BCUT2D eigenvalue weighted by Crippen LogP contribution is 2.20. The van der Waals surface area contributed by atoms with Gasteiger partial charge < -0.3 is 10.6 Å². The van der Waals surface area contributed by atoms with Crippen molar-refractivity contribution in [1.29, 1.82) is 0 Å². The monoisotopic (exact) mass is 240 g/mol. The van der Waals surface area contributed by atoms with Gasteiger partial charge in [0, 0.05) is 6.42 Å². The van der Waals surface area contributed by atoms with Gasteiger partial charge in [0.15, 0.2) is 0 Å². The fourth-order valence-corrected chi connectivity index (χ4v) is 1.27. The van der Waals surface area contributed by atoms with Crippen LogP contribution in [0.3, 0.4) is 0 Å². The van der Waals surface area contributed by atoms with Gasteiger partial charge in [-0.3, -0.25) is 0 Å². The number of hydrogen-bond donors (Lipinski definition) is 2. The molecular formula is C11H23F3N2. The predicted octanol–water partition coefficient (Wildman–Crippen LogP) is 2.55. The molecule has 2 N–H and O–H groups in total. The van der Waals surface area contributed by atoms with E-state index in [0.29, 0.717) is 12.5 Å². The Balaban J connectivity index is 3.05. The van der Waals surface area contributed by atoms with Crippen molar-refractivity contribution in [1.82, 2.24) is 10.6 Å². The van der Waals surface area contributed by atoms with E-state index >= 15 is 0 Å². The maximum absolute atomic E-state index is 11.8. The third-order valence-electron chi connectivity index (χ3n) is 2.07. The van der Waals surface area contributed by atoms with Crippen molar-refractivity contribution in [2.45, 2.75) is 39.3 Å². The van der Waals surface area contributed by atoms with Crippen LogP contribution in [-0.4, -0.2) is 32.4 Å². The highest BCUT2D eigenvalue weighted by atomic mass is 19.4. The van der Waals surface area contributed by atoms with Gasteiger partial charge in [-0.1, -0.05) is 13.8 Å². The van der Waals surface area contributed by atoms with E-state index in [1.54, 1.807) is 0 Å². The molecule has 0 saturated heterocycles. The first kappa shape index (κ1) is 15.7. The molecular weight excluding hydrogens is 217 g/mol. The number of hydrogen-bond acceptors (Lipinski definition) is 2. The van der Waals surface area contributed by atoms with Crippen LogP contribution < -0.4 is 10.6 Å². The van der Waals surface area contributed by atoms with E-state index in [1.165, 1.54) is 0 Å². The molecule has 0 saturated carbocycles. The largest absolute Gasteiger partial charge is 0.389 e. The molecule has 98 valence electrons. The summed E-state index contributed by atoms with van der Waals surface area (Å²) in [4.78, 5) is 0. The van der Waals surface area contributed by atoms with Crippen LogP contribution in [-0.2, 0) is 0 Å². The Morgan fingerprint density at radius 2 is 1.50 bits per heavy atom. The number of nitrogens with one attached hydrogen (secondary N) is 2. The Hall–Kier alpha value is -0.290. The molecule has 0 radical (unpaired) electrons. The summed E-state index contributed by atoms with van der Waals surface area (Å²) in [6, 6.07) is 0. The Morgan fingerprint density at radius 3 is 2.06 bits per heavy atom. The maximum Gasteiger partial charge on any atom is 0.389 e. The van der Waals surface area contributed by atoms with Gasteiger partial charge in [0.2, 0.25) is 0 Å². The summed E-state index contributed by atoms with van der Waals surface area (Å²) in [5, 5.41) is 6.29. The van der Waals surface area contributed by atoms with Crippen LogP contribution in [0.2, 0.25) is 0 Å². The molecule has 0 aromatic heterocycles. The average Bonchev–Trinajstić information content (AvgIpc) is 2.13. The zero-order valence-corrected chi connectivity index (χ0v) is 10.2. The van der Waals surface area contributed by atoms with Crippen LogP contribution in [0, 0.1) is 5.92 Å². The lowest BCUT2D eigenvalue weighted by Gasteiger charge is -2.08. The molecule has 0 fully saturated rings. The standard InChI is InChI=1S/C11H23F3N2/c1-10(2)9-16-8-4-7-15-6-3-5-11(12,13)14/h10,15-16H,3-9H2,1-2H3. The molecule has 0 unspecified atom stereocenters. The summed E-state index contributed by atoms with van der Waals surface area (Å²) >= 11 is 0. The van der Waals surface area contributed by atoms with E-state index in [4.69, 9.17) is 0 Å². The van der Waals surface area contributed by atoms with Crippen LogP contribution in [0.1, 0.15) is 33.1 Å².